The minimum Gasteiger partial charge on any atom is -0.319 e. The first kappa shape index (κ1) is 14.0. The Kier molecular flexibility index (Phi) is 3.88. The molecule has 0 aliphatic rings. The lowest BCUT2D eigenvalue weighted by Crippen LogP contribution is -2.17. The van der Waals surface area contributed by atoms with E-state index in [4.69, 9.17) is 28.9 Å². The number of aromatic nitrogens is 4. The molecule has 2 aromatic heterocycles. The van der Waals surface area contributed by atoms with Crippen LogP contribution in [-0.4, -0.2) is 19.7 Å². The van der Waals surface area contributed by atoms with Gasteiger partial charge < -0.3 is 5.73 Å². The normalized spacial score (nSPS) is 12.3. The van der Waals surface area contributed by atoms with Gasteiger partial charge in [0.05, 0.1) is 17.4 Å². The highest BCUT2D eigenvalue weighted by Crippen LogP contribution is 2.29. The first-order chi connectivity index (χ1) is 10.2. The largest absolute Gasteiger partial charge is 0.319 e. The molecule has 7 heteroatoms. The Hall–Kier alpha value is -1.95. The van der Waals surface area contributed by atoms with Crippen molar-refractivity contribution in [1.29, 1.82) is 0 Å². The molecule has 0 aliphatic carbocycles. The molecule has 0 aliphatic heterocycles. The monoisotopic (exact) mass is 319 g/mol. The van der Waals surface area contributed by atoms with Crippen LogP contribution in [0.4, 0.5) is 0 Å². The minimum atomic E-state index is -0.505. The van der Waals surface area contributed by atoms with E-state index in [-0.39, 0.29) is 0 Å². The highest BCUT2D eigenvalue weighted by molar-refractivity contribution is 6.31. The second-order valence-corrected chi connectivity index (χ2v) is 5.20. The summed E-state index contributed by atoms with van der Waals surface area (Å²) in [5.41, 5.74) is 8.48. The summed E-state index contributed by atoms with van der Waals surface area (Å²) < 4.78 is 1.73. The van der Waals surface area contributed by atoms with Crippen LogP contribution < -0.4 is 5.73 Å². The lowest BCUT2D eigenvalue weighted by atomic mass is 10.0. The summed E-state index contributed by atoms with van der Waals surface area (Å²) in [6.07, 6.45) is 3.15. The maximum atomic E-state index is 6.33. The fourth-order valence-electron chi connectivity index (χ4n) is 2.09. The number of hydrogen-bond donors (Lipinski definition) is 1. The third-order valence-corrected chi connectivity index (χ3v) is 3.65. The van der Waals surface area contributed by atoms with E-state index in [1.165, 1.54) is 0 Å². The molecule has 0 bridgehead atoms. The molecule has 21 heavy (non-hydrogen) atoms. The molecule has 0 amide bonds. The van der Waals surface area contributed by atoms with E-state index in [0.29, 0.717) is 15.9 Å². The van der Waals surface area contributed by atoms with Gasteiger partial charge in [-0.2, -0.15) is 0 Å². The predicted molar refractivity (Wildman–Crippen MR) is 81.6 cm³/mol. The van der Waals surface area contributed by atoms with Crippen LogP contribution in [0.25, 0.3) is 5.69 Å². The van der Waals surface area contributed by atoms with Gasteiger partial charge >= 0.3 is 0 Å². The van der Waals surface area contributed by atoms with E-state index >= 15 is 0 Å². The van der Waals surface area contributed by atoms with E-state index in [0.717, 1.165) is 11.3 Å². The maximum absolute atomic E-state index is 6.33. The van der Waals surface area contributed by atoms with Gasteiger partial charge in [0.1, 0.15) is 17.8 Å². The number of pyridine rings is 1. The minimum absolute atomic E-state index is 0.365. The SMILES string of the molecule is NC(c1ccccc1Cl)c1nc(Cl)ccc1-n1cnnc1. The Balaban J connectivity index is 2.13. The van der Waals surface area contributed by atoms with Gasteiger partial charge in [0, 0.05) is 5.02 Å². The van der Waals surface area contributed by atoms with Crippen molar-refractivity contribution in [3.05, 3.63) is 70.5 Å². The molecule has 0 saturated heterocycles. The van der Waals surface area contributed by atoms with Crippen LogP contribution in [0.1, 0.15) is 17.3 Å². The number of nitrogens with two attached hydrogens (primary N) is 1. The van der Waals surface area contributed by atoms with Crippen LogP contribution in [-0.2, 0) is 0 Å². The summed E-state index contributed by atoms with van der Waals surface area (Å²) in [5, 5.41) is 8.54. The molecular formula is C14H11Cl2N5. The van der Waals surface area contributed by atoms with Crippen molar-refractivity contribution in [3.8, 4) is 5.69 Å². The topological polar surface area (TPSA) is 69.6 Å². The molecule has 3 rings (SSSR count). The van der Waals surface area contributed by atoms with Crippen molar-refractivity contribution in [2.75, 3.05) is 0 Å². The van der Waals surface area contributed by atoms with E-state index in [1.807, 2.05) is 24.3 Å². The van der Waals surface area contributed by atoms with Crippen molar-refractivity contribution in [1.82, 2.24) is 19.7 Å². The molecule has 5 nitrogen and oxygen atoms in total. The second-order valence-electron chi connectivity index (χ2n) is 4.41. The van der Waals surface area contributed by atoms with Crippen molar-refractivity contribution >= 4 is 23.2 Å². The van der Waals surface area contributed by atoms with E-state index in [1.54, 1.807) is 29.4 Å². The van der Waals surface area contributed by atoms with E-state index < -0.39 is 6.04 Å². The lowest BCUT2D eigenvalue weighted by Gasteiger charge is -2.17. The molecule has 0 fully saturated rings. The first-order valence-corrected chi connectivity index (χ1v) is 6.94. The van der Waals surface area contributed by atoms with Crippen LogP contribution >= 0.6 is 23.2 Å². The second kappa shape index (κ2) is 5.81. The van der Waals surface area contributed by atoms with Crippen molar-refractivity contribution in [2.24, 2.45) is 5.73 Å². The average Bonchev–Trinajstić information content (AvgIpc) is 3.01. The summed E-state index contributed by atoms with van der Waals surface area (Å²) in [6.45, 7) is 0. The molecule has 1 unspecified atom stereocenters. The average molecular weight is 320 g/mol. The van der Waals surface area contributed by atoms with Gasteiger partial charge in [-0.25, -0.2) is 4.98 Å². The van der Waals surface area contributed by atoms with Gasteiger partial charge in [-0.1, -0.05) is 41.4 Å². The van der Waals surface area contributed by atoms with Crippen molar-refractivity contribution < 1.29 is 0 Å². The van der Waals surface area contributed by atoms with Crippen molar-refractivity contribution in [3.63, 3.8) is 0 Å². The number of rotatable bonds is 3. The Labute approximate surface area is 131 Å². The lowest BCUT2D eigenvalue weighted by molar-refractivity contribution is 0.809. The maximum Gasteiger partial charge on any atom is 0.129 e. The first-order valence-electron chi connectivity index (χ1n) is 6.18. The van der Waals surface area contributed by atoms with Crippen LogP contribution in [0.15, 0.2) is 49.1 Å². The Bertz CT molecular complexity index is 758. The Morgan fingerprint density at radius 2 is 1.71 bits per heavy atom. The van der Waals surface area contributed by atoms with Gasteiger partial charge in [0.2, 0.25) is 0 Å². The standard InChI is InChI=1S/C14H11Cl2N5/c15-10-4-2-1-3-9(10)13(17)14-11(5-6-12(16)20-14)21-7-18-19-8-21/h1-8,13H,17H2. The van der Waals surface area contributed by atoms with Crippen molar-refractivity contribution in [2.45, 2.75) is 6.04 Å². The predicted octanol–water partition coefficient (Wildman–Crippen LogP) is 3.02. The summed E-state index contributed by atoms with van der Waals surface area (Å²) in [4.78, 5) is 4.35. The molecule has 106 valence electrons. The van der Waals surface area contributed by atoms with Gasteiger partial charge in [0.25, 0.3) is 0 Å². The molecule has 1 aromatic carbocycles. The molecule has 2 heterocycles. The molecular weight excluding hydrogens is 309 g/mol. The Morgan fingerprint density at radius 3 is 2.43 bits per heavy atom. The molecule has 2 N–H and O–H groups in total. The van der Waals surface area contributed by atoms with Gasteiger partial charge in [-0.15, -0.1) is 10.2 Å². The number of halogens is 2. The fraction of sp³-hybridized carbons (Fsp3) is 0.0714. The third kappa shape index (κ3) is 2.76. The fourth-order valence-corrected chi connectivity index (χ4v) is 2.50. The zero-order valence-corrected chi connectivity index (χ0v) is 12.3. The van der Waals surface area contributed by atoms with Crippen LogP contribution in [0.2, 0.25) is 10.2 Å². The number of benzene rings is 1. The highest BCUT2D eigenvalue weighted by atomic mass is 35.5. The Morgan fingerprint density at radius 1 is 1.00 bits per heavy atom. The smallest absolute Gasteiger partial charge is 0.129 e. The molecule has 0 radical (unpaired) electrons. The van der Waals surface area contributed by atoms with Crippen LogP contribution in [0.5, 0.6) is 0 Å². The number of nitrogens with zero attached hydrogens (tertiary/aromatic N) is 4. The van der Waals surface area contributed by atoms with Crippen LogP contribution in [0, 0.1) is 0 Å². The summed E-state index contributed by atoms with van der Waals surface area (Å²) in [6, 6.07) is 10.4. The highest BCUT2D eigenvalue weighted by Gasteiger charge is 2.19. The molecule has 1 atom stereocenters. The quantitative estimate of drug-likeness (QED) is 0.753. The van der Waals surface area contributed by atoms with Crippen LogP contribution in [0.3, 0.4) is 0 Å². The zero-order chi connectivity index (χ0) is 14.8. The zero-order valence-electron chi connectivity index (χ0n) is 10.8. The van der Waals surface area contributed by atoms with Gasteiger partial charge in [0.15, 0.2) is 0 Å². The number of hydrogen-bond acceptors (Lipinski definition) is 4. The van der Waals surface area contributed by atoms with E-state index in [9.17, 15) is 0 Å². The van der Waals surface area contributed by atoms with Gasteiger partial charge in [-0.3, -0.25) is 4.57 Å². The summed E-state index contributed by atoms with van der Waals surface area (Å²) >= 11 is 12.2. The molecule has 0 spiro atoms. The van der Waals surface area contributed by atoms with E-state index in [2.05, 4.69) is 15.2 Å². The third-order valence-electron chi connectivity index (χ3n) is 3.10. The van der Waals surface area contributed by atoms with Gasteiger partial charge in [-0.05, 0) is 23.8 Å². The summed E-state index contributed by atoms with van der Waals surface area (Å²) in [7, 11) is 0. The molecule has 0 saturated carbocycles. The molecule has 3 aromatic rings. The summed E-state index contributed by atoms with van der Waals surface area (Å²) in [5.74, 6) is 0.